The van der Waals surface area contributed by atoms with E-state index in [2.05, 4.69) is 19.9 Å². The van der Waals surface area contributed by atoms with Crippen LogP contribution < -0.4 is 28.7 Å². The van der Waals surface area contributed by atoms with Crippen LogP contribution in [0.4, 0.5) is 55.9 Å². The van der Waals surface area contributed by atoms with Crippen LogP contribution >= 0.6 is 0 Å². The molecule has 73 heavy (non-hydrogen) atoms. The molecule has 14 nitrogen and oxygen atoms in total. The zero-order chi connectivity index (χ0) is 52.2. The number of aromatic nitrogens is 4. The smallest absolute Gasteiger partial charge is 0.427 e. The fraction of sp³-hybridized carbons (Fsp3) is 0.500. The van der Waals surface area contributed by atoms with E-state index in [1.54, 1.807) is 74.2 Å². The lowest BCUT2D eigenvalue weighted by Crippen LogP contribution is -2.68. The molecule has 2 aromatic carbocycles. The van der Waals surface area contributed by atoms with Gasteiger partial charge in [-0.05, 0) is 88.4 Å². The molecular weight excluding hydrogens is 980 g/mol. The standard InChI is InChI=1S/C50H51F9N8O6/c1-26-36(49(54,55)56)32(19-34(60-26)64(20-27-7-12-30(69-5)13-8-27)21-28-9-14-31(70-6)15-10-28)38-37(51)39-35-42(63-44(62-39)71-25-47-17-18-65(47)24-48(52,53)23-47)66-22-29-11-16-33(67(29)45(68)73-46(2,3)4)40(66)41(50(57,58)59)72-43(35)61-38/h7-10,12-15,19,29,33,40-41H,11,16-18,20-25H2,1-6H3/t29-,33+,40+,41-,47?/m1/s1. The first-order valence-corrected chi connectivity index (χ1v) is 23.6. The first kappa shape index (κ1) is 50.0. The van der Waals surface area contributed by atoms with E-state index in [0.717, 1.165) is 13.0 Å². The molecule has 2 bridgehead atoms. The molecule has 4 saturated heterocycles. The fourth-order valence-corrected chi connectivity index (χ4v) is 11.0. The van der Waals surface area contributed by atoms with Gasteiger partial charge in [-0.25, -0.2) is 27.9 Å². The lowest BCUT2D eigenvalue weighted by atomic mass is 9.85. The van der Waals surface area contributed by atoms with Gasteiger partial charge in [-0.2, -0.15) is 36.3 Å². The molecule has 390 valence electrons. The Hall–Kier alpha value is -6.52. The van der Waals surface area contributed by atoms with Gasteiger partial charge in [0.15, 0.2) is 5.82 Å². The number of methoxy groups -OCH3 is 2. The summed E-state index contributed by atoms with van der Waals surface area (Å²) in [6.45, 7) is 5.05. The van der Waals surface area contributed by atoms with Crippen LogP contribution in [0.1, 0.15) is 68.8 Å². The molecule has 3 aromatic heterocycles. The van der Waals surface area contributed by atoms with Crippen molar-refractivity contribution in [3.63, 3.8) is 0 Å². The molecule has 5 aliphatic rings. The minimum absolute atomic E-state index is 0.0460. The minimum atomic E-state index is -5.24. The van der Waals surface area contributed by atoms with Crippen molar-refractivity contribution in [1.29, 1.82) is 0 Å². The highest BCUT2D eigenvalue weighted by atomic mass is 19.4. The molecular formula is C50H51F9N8O6. The number of nitrogens with zero attached hydrogens (tertiary/aromatic N) is 8. The van der Waals surface area contributed by atoms with E-state index in [9.17, 15) is 13.6 Å². The van der Waals surface area contributed by atoms with Crippen molar-refractivity contribution in [3.8, 4) is 34.6 Å². The number of carbonyl (C=O) groups excluding carboxylic acids is 1. The number of aryl methyl sites for hydroxylation is 1. The molecule has 23 heteroatoms. The number of halogens is 9. The number of anilines is 2. The second kappa shape index (κ2) is 17.9. The highest BCUT2D eigenvalue weighted by Crippen LogP contribution is 2.52. The summed E-state index contributed by atoms with van der Waals surface area (Å²) in [6.07, 6.45) is -14.2. The molecule has 1 amide bonds. The van der Waals surface area contributed by atoms with Crippen molar-refractivity contribution in [1.82, 2.24) is 29.7 Å². The minimum Gasteiger partial charge on any atom is -0.497 e. The normalized spacial score (nSPS) is 23.3. The molecule has 10 rings (SSSR count). The number of benzene rings is 2. The average Bonchev–Trinajstić information content (AvgIpc) is 3.66. The fourth-order valence-electron chi connectivity index (χ4n) is 11.0. The van der Waals surface area contributed by atoms with Crippen molar-refractivity contribution in [2.45, 2.75) is 120 Å². The second-order valence-electron chi connectivity index (χ2n) is 20.3. The summed E-state index contributed by atoms with van der Waals surface area (Å²) in [4.78, 5) is 36.9. The van der Waals surface area contributed by atoms with Crippen molar-refractivity contribution >= 4 is 28.6 Å². The van der Waals surface area contributed by atoms with E-state index >= 15 is 30.7 Å². The number of ether oxygens (including phenoxy) is 5. The first-order valence-electron chi connectivity index (χ1n) is 23.6. The van der Waals surface area contributed by atoms with E-state index in [4.69, 9.17) is 23.7 Å². The molecule has 0 radical (unpaired) electrons. The van der Waals surface area contributed by atoms with Crippen LogP contribution in [-0.4, -0.2) is 124 Å². The van der Waals surface area contributed by atoms with Gasteiger partial charge in [0, 0.05) is 38.2 Å². The molecule has 5 aliphatic heterocycles. The Balaban J connectivity index is 1.16. The van der Waals surface area contributed by atoms with Gasteiger partial charge in [0.05, 0.1) is 55.7 Å². The zero-order valence-corrected chi connectivity index (χ0v) is 40.5. The Morgan fingerprint density at radius 3 is 2.08 bits per heavy atom. The Morgan fingerprint density at radius 1 is 0.890 bits per heavy atom. The van der Waals surface area contributed by atoms with E-state index < -0.39 is 130 Å². The number of rotatable bonds is 11. The largest absolute Gasteiger partial charge is 0.497 e. The maximum Gasteiger partial charge on any atom is 0.427 e. The Bertz CT molecular complexity index is 2890. The maximum absolute atomic E-state index is 18.0. The maximum atomic E-state index is 18.0. The second-order valence-corrected chi connectivity index (χ2v) is 20.3. The van der Waals surface area contributed by atoms with Crippen molar-refractivity contribution in [3.05, 3.63) is 82.8 Å². The highest BCUT2D eigenvalue weighted by molar-refractivity contribution is 5.98. The van der Waals surface area contributed by atoms with Crippen LogP contribution in [0.3, 0.4) is 0 Å². The van der Waals surface area contributed by atoms with Crippen LogP contribution in [0.25, 0.3) is 22.2 Å². The summed E-state index contributed by atoms with van der Waals surface area (Å²) in [5.41, 5.74) is -5.68. The average molecular weight is 1030 g/mol. The highest BCUT2D eigenvalue weighted by Gasteiger charge is 2.62. The molecule has 5 atom stereocenters. The predicted molar refractivity (Wildman–Crippen MR) is 247 cm³/mol. The van der Waals surface area contributed by atoms with Gasteiger partial charge >= 0.3 is 24.5 Å². The monoisotopic (exact) mass is 1030 g/mol. The Kier molecular flexibility index (Phi) is 12.2. The summed E-state index contributed by atoms with van der Waals surface area (Å²) in [5.74, 6) is -4.87. The van der Waals surface area contributed by atoms with Gasteiger partial charge in [0.25, 0.3) is 5.92 Å². The van der Waals surface area contributed by atoms with Crippen LogP contribution in [0.15, 0.2) is 54.6 Å². The number of pyridine rings is 2. The number of fused-ring (bicyclic) bond motifs is 6. The number of amides is 1. The topological polar surface area (TPSA) is 128 Å². The quantitative estimate of drug-likeness (QED) is 0.117. The SMILES string of the molecule is COc1ccc(CN(Cc2ccc(OC)cc2)c2cc(-c3nc4c5c(nc(OCC67CCN6CC(F)(F)C7)nc5c3F)N3C[C@H]5CC[C@@H]([C@H]3[C@H](C(F)(F)F)O4)N5C(=O)OC(C)(C)C)c(C(F)(F)F)c(C)n2)cc1. The van der Waals surface area contributed by atoms with Gasteiger partial charge in [-0.3, -0.25) is 9.80 Å². The van der Waals surface area contributed by atoms with Crippen LogP contribution in [0.5, 0.6) is 23.4 Å². The summed E-state index contributed by atoms with van der Waals surface area (Å²) < 4.78 is 170. The van der Waals surface area contributed by atoms with Crippen LogP contribution in [0.2, 0.25) is 0 Å². The molecule has 1 unspecified atom stereocenters. The van der Waals surface area contributed by atoms with Crippen molar-refractivity contribution in [2.75, 3.05) is 50.3 Å². The molecule has 0 saturated carbocycles. The van der Waals surface area contributed by atoms with Gasteiger partial charge in [0.2, 0.25) is 12.0 Å². The molecule has 0 aliphatic carbocycles. The lowest BCUT2D eigenvalue weighted by molar-refractivity contribution is -0.206. The van der Waals surface area contributed by atoms with Crippen LogP contribution in [-0.2, 0) is 24.0 Å². The van der Waals surface area contributed by atoms with E-state index in [0.29, 0.717) is 35.6 Å². The van der Waals surface area contributed by atoms with E-state index in [-0.39, 0.29) is 44.1 Å². The Labute approximate surface area is 413 Å². The number of hydrogen-bond donors (Lipinski definition) is 0. The van der Waals surface area contributed by atoms with Gasteiger partial charge in [0.1, 0.15) is 51.9 Å². The molecule has 8 heterocycles. The third-order valence-corrected chi connectivity index (χ3v) is 14.3. The zero-order valence-electron chi connectivity index (χ0n) is 40.5. The van der Waals surface area contributed by atoms with E-state index in [1.165, 1.54) is 28.9 Å². The predicted octanol–water partition coefficient (Wildman–Crippen LogP) is 9.92. The molecule has 0 spiro atoms. The third kappa shape index (κ3) is 9.30. The summed E-state index contributed by atoms with van der Waals surface area (Å²) >= 11 is 0. The van der Waals surface area contributed by atoms with Crippen molar-refractivity contribution in [2.24, 2.45) is 0 Å². The molecule has 5 aromatic rings. The number of carbonyl (C=O) groups is 1. The van der Waals surface area contributed by atoms with Crippen LogP contribution in [0, 0.1) is 12.7 Å². The first-order chi connectivity index (χ1) is 34.3. The number of piperazine rings is 1. The lowest BCUT2D eigenvalue weighted by Gasteiger charge is -2.48. The third-order valence-electron chi connectivity index (χ3n) is 14.3. The van der Waals surface area contributed by atoms with Gasteiger partial charge < -0.3 is 33.5 Å². The summed E-state index contributed by atoms with van der Waals surface area (Å²) in [7, 11) is 2.98. The Morgan fingerprint density at radius 2 is 1.53 bits per heavy atom. The summed E-state index contributed by atoms with van der Waals surface area (Å²) in [5, 5.41) is -0.508. The van der Waals surface area contributed by atoms with Gasteiger partial charge in [-0.1, -0.05) is 24.3 Å². The van der Waals surface area contributed by atoms with Gasteiger partial charge in [-0.15, -0.1) is 0 Å². The molecule has 4 fully saturated rings. The summed E-state index contributed by atoms with van der Waals surface area (Å²) in [6, 6.07) is 10.3. The molecule has 0 N–H and O–H groups in total. The van der Waals surface area contributed by atoms with Crippen molar-refractivity contribution < 1.29 is 68.0 Å². The van der Waals surface area contributed by atoms with E-state index in [1.807, 2.05) is 0 Å². The number of hydrogen-bond acceptors (Lipinski definition) is 13. The number of alkyl halides is 8.